The van der Waals surface area contributed by atoms with E-state index in [2.05, 4.69) is 31.2 Å². The SMILES string of the molecule is C/C=C\c1c(C(C)(C)C)ccnc1NN. The topological polar surface area (TPSA) is 50.9 Å². The number of nitrogen functional groups attached to an aromatic ring is 1. The maximum atomic E-state index is 5.45. The van der Waals surface area contributed by atoms with Crippen LogP contribution in [0.4, 0.5) is 5.82 Å². The number of nitrogens with one attached hydrogen (secondary N) is 1. The number of anilines is 1. The molecule has 0 atom stereocenters. The van der Waals surface area contributed by atoms with Crippen LogP contribution in [0.1, 0.15) is 38.8 Å². The fourth-order valence-corrected chi connectivity index (χ4v) is 1.58. The van der Waals surface area contributed by atoms with Crippen molar-refractivity contribution in [1.29, 1.82) is 0 Å². The van der Waals surface area contributed by atoms with E-state index >= 15 is 0 Å². The van der Waals surface area contributed by atoms with Crippen molar-refractivity contribution < 1.29 is 0 Å². The van der Waals surface area contributed by atoms with E-state index in [1.165, 1.54) is 5.56 Å². The third-order valence-corrected chi connectivity index (χ3v) is 2.27. The summed E-state index contributed by atoms with van der Waals surface area (Å²) in [5, 5.41) is 0. The summed E-state index contributed by atoms with van der Waals surface area (Å²) < 4.78 is 0. The van der Waals surface area contributed by atoms with Crippen molar-refractivity contribution in [2.45, 2.75) is 33.1 Å². The van der Waals surface area contributed by atoms with Crippen molar-refractivity contribution in [2.75, 3.05) is 5.43 Å². The van der Waals surface area contributed by atoms with Gasteiger partial charge in [-0.15, -0.1) is 0 Å². The van der Waals surface area contributed by atoms with E-state index < -0.39 is 0 Å². The number of aromatic nitrogens is 1. The molecule has 0 saturated heterocycles. The number of rotatable bonds is 2. The predicted molar refractivity (Wildman–Crippen MR) is 65.5 cm³/mol. The van der Waals surface area contributed by atoms with Gasteiger partial charge < -0.3 is 5.43 Å². The molecule has 3 nitrogen and oxygen atoms in total. The largest absolute Gasteiger partial charge is 0.308 e. The van der Waals surface area contributed by atoms with E-state index in [0.29, 0.717) is 0 Å². The molecular weight excluding hydrogens is 186 g/mol. The summed E-state index contributed by atoms with van der Waals surface area (Å²) in [6.45, 7) is 8.51. The lowest BCUT2D eigenvalue weighted by Gasteiger charge is -2.22. The molecule has 1 aromatic heterocycles. The van der Waals surface area contributed by atoms with Crippen LogP contribution in [0, 0.1) is 0 Å². The minimum Gasteiger partial charge on any atom is -0.308 e. The highest BCUT2D eigenvalue weighted by Gasteiger charge is 2.18. The monoisotopic (exact) mass is 205 g/mol. The summed E-state index contributed by atoms with van der Waals surface area (Å²) in [6, 6.07) is 2.04. The van der Waals surface area contributed by atoms with Gasteiger partial charge >= 0.3 is 0 Å². The zero-order chi connectivity index (χ0) is 11.5. The zero-order valence-electron chi connectivity index (χ0n) is 9.83. The molecule has 0 bridgehead atoms. The lowest BCUT2D eigenvalue weighted by molar-refractivity contribution is 0.588. The summed E-state index contributed by atoms with van der Waals surface area (Å²) in [7, 11) is 0. The Labute approximate surface area is 91.4 Å². The van der Waals surface area contributed by atoms with Crippen LogP contribution in [0.15, 0.2) is 18.3 Å². The van der Waals surface area contributed by atoms with E-state index in [9.17, 15) is 0 Å². The molecule has 1 rings (SSSR count). The molecule has 1 aromatic rings. The molecule has 0 amide bonds. The Kier molecular flexibility index (Phi) is 3.48. The van der Waals surface area contributed by atoms with Crippen LogP contribution < -0.4 is 11.3 Å². The third-order valence-electron chi connectivity index (χ3n) is 2.27. The molecule has 0 unspecified atom stereocenters. The number of hydrogen-bond donors (Lipinski definition) is 2. The third kappa shape index (κ3) is 2.57. The number of hydrogen-bond acceptors (Lipinski definition) is 3. The molecule has 82 valence electrons. The van der Waals surface area contributed by atoms with Gasteiger partial charge in [0.15, 0.2) is 0 Å². The first-order valence-corrected chi connectivity index (χ1v) is 5.09. The highest BCUT2D eigenvalue weighted by Crippen LogP contribution is 2.29. The summed E-state index contributed by atoms with van der Waals surface area (Å²) >= 11 is 0. The van der Waals surface area contributed by atoms with Gasteiger partial charge in [-0.1, -0.05) is 32.9 Å². The van der Waals surface area contributed by atoms with E-state index in [1.54, 1.807) is 6.20 Å². The minimum absolute atomic E-state index is 0.0867. The Morgan fingerprint density at radius 1 is 1.40 bits per heavy atom. The van der Waals surface area contributed by atoms with Gasteiger partial charge in [-0.05, 0) is 24.0 Å². The van der Waals surface area contributed by atoms with E-state index in [0.717, 1.165) is 11.4 Å². The Bertz CT molecular complexity index is 362. The summed E-state index contributed by atoms with van der Waals surface area (Å²) in [5.41, 5.74) is 5.02. The molecule has 0 saturated carbocycles. The molecule has 0 aliphatic carbocycles. The van der Waals surface area contributed by atoms with Crippen molar-refractivity contribution in [3.63, 3.8) is 0 Å². The highest BCUT2D eigenvalue weighted by atomic mass is 15.2. The number of nitrogens with two attached hydrogens (primary N) is 1. The van der Waals surface area contributed by atoms with Gasteiger partial charge in [0, 0.05) is 11.8 Å². The maximum Gasteiger partial charge on any atom is 0.147 e. The van der Waals surface area contributed by atoms with Gasteiger partial charge in [-0.2, -0.15) is 0 Å². The Morgan fingerprint density at radius 2 is 2.07 bits per heavy atom. The maximum absolute atomic E-state index is 5.45. The van der Waals surface area contributed by atoms with Crippen LogP contribution in [0.25, 0.3) is 6.08 Å². The lowest BCUT2D eigenvalue weighted by atomic mass is 9.84. The van der Waals surface area contributed by atoms with Crippen molar-refractivity contribution in [3.8, 4) is 0 Å². The number of pyridine rings is 1. The van der Waals surface area contributed by atoms with Crippen molar-refractivity contribution in [3.05, 3.63) is 29.5 Å². The molecule has 0 aromatic carbocycles. The minimum atomic E-state index is 0.0867. The average molecular weight is 205 g/mol. The zero-order valence-corrected chi connectivity index (χ0v) is 9.83. The fraction of sp³-hybridized carbons (Fsp3) is 0.417. The Morgan fingerprint density at radius 3 is 2.53 bits per heavy atom. The van der Waals surface area contributed by atoms with Crippen molar-refractivity contribution in [2.24, 2.45) is 5.84 Å². The highest BCUT2D eigenvalue weighted by molar-refractivity contribution is 5.66. The quantitative estimate of drug-likeness (QED) is 0.576. The molecule has 3 N–H and O–H groups in total. The first kappa shape index (κ1) is 11.7. The second kappa shape index (κ2) is 4.45. The first-order valence-electron chi connectivity index (χ1n) is 5.09. The molecule has 0 radical (unpaired) electrons. The molecule has 15 heavy (non-hydrogen) atoms. The van der Waals surface area contributed by atoms with Crippen LogP contribution >= 0.6 is 0 Å². The Hall–Kier alpha value is -1.35. The number of allylic oxidation sites excluding steroid dienone is 1. The summed E-state index contributed by atoms with van der Waals surface area (Å²) in [6.07, 6.45) is 5.80. The van der Waals surface area contributed by atoms with Crippen LogP contribution in [-0.4, -0.2) is 4.98 Å². The number of hydrazine groups is 1. The molecule has 0 aliphatic rings. The standard InChI is InChI=1S/C12H19N3/c1-5-6-9-10(12(2,3)4)7-8-14-11(9)15-13/h5-8H,13H2,1-4H3,(H,14,15)/b6-5-. The molecule has 0 fully saturated rings. The second-order valence-electron chi connectivity index (χ2n) is 4.52. The van der Waals surface area contributed by atoms with Crippen molar-refractivity contribution >= 4 is 11.9 Å². The van der Waals surface area contributed by atoms with Crippen molar-refractivity contribution in [1.82, 2.24) is 4.98 Å². The van der Waals surface area contributed by atoms with Gasteiger partial charge in [0.05, 0.1) is 0 Å². The van der Waals surface area contributed by atoms with Crippen LogP contribution in [0.5, 0.6) is 0 Å². The Balaban J connectivity index is 3.38. The molecule has 0 aliphatic heterocycles. The van der Waals surface area contributed by atoms with Crippen LogP contribution in [-0.2, 0) is 5.41 Å². The summed E-state index contributed by atoms with van der Waals surface area (Å²) in [4.78, 5) is 4.20. The van der Waals surface area contributed by atoms with E-state index in [4.69, 9.17) is 5.84 Å². The van der Waals surface area contributed by atoms with E-state index in [-0.39, 0.29) is 5.41 Å². The van der Waals surface area contributed by atoms with E-state index in [1.807, 2.05) is 25.1 Å². The number of nitrogens with zero attached hydrogens (tertiary/aromatic N) is 1. The van der Waals surface area contributed by atoms with Gasteiger partial charge in [0.25, 0.3) is 0 Å². The average Bonchev–Trinajstić information content (AvgIpc) is 2.17. The smallest absolute Gasteiger partial charge is 0.147 e. The predicted octanol–water partition coefficient (Wildman–Crippen LogP) is 2.70. The van der Waals surface area contributed by atoms with Gasteiger partial charge in [0.2, 0.25) is 0 Å². The second-order valence-corrected chi connectivity index (χ2v) is 4.52. The van der Waals surface area contributed by atoms with Crippen LogP contribution in [0.2, 0.25) is 0 Å². The van der Waals surface area contributed by atoms with Gasteiger partial charge in [0.1, 0.15) is 5.82 Å². The molecule has 0 spiro atoms. The molecule has 1 heterocycles. The molecular formula is C12H19N3. The van der Waals surface area contributed by atoms with Gasteiger partial charge in [-0.3, -0.25) is 0 Å². The molecule has 3 heteroatoms. The fourth-order valence-electron chi connectivity index (χ4n) is 1.58. The normalized spacial score (nSPS) is 12.1. The lowest BCUT2D eigenvalue weighted by Crippen LogP contribution is -2.17. The summed E-state index contributed by atoms with van der Waals surface area (Å²) in [5.74, 6) is 6.17. The van der Waals surface area contributed by atoms with Crippen LogP contribution in [0.3, 0.4) is 0 Å². The van der Waals surface area contributed by atoms with Gasteiger partial charge in [-0.25, -0.2) is 10.8 Å². The first-order chi connectivity index (χ1) is 7.00.